The highest BCUT2D eigenvalue weighted by Gasteiger charge is 2.57. The van der Waals surface area contributed by atoms with E-state index in [1.165, 1.54) is 12.1 Å². The van der Waals surface area contributed by atoms with Gasteiger partial charge >= 0.3 is 17.0 Å². The summed E-state index contributed by atoms with van der Waals surface area (Å²) in [5.74, 6) is -4.04. The number of imide groups is 1. The molecule has 13 heteroatoms. The zero-order valence-corrected chi connectivity index (χ0v) is 21.2. The first-order valence-electron chi connectivity index (χ1n) is 11.4. The summed E-state index contributed by atoms with van der Waals surface area (Å²) in [6.45, 7) is 1.38. The summed E-state index contributed by atoms with van der Waals surface area (Å²) in [7, 11) is 0. The lowest BCUT2D eigenvalue weighted by Gasteiger charge is -2.30. The number of carbonyl (C=O) groups is 3. The van der Waals surface area contributed by atoms with Crippen molar-refractivity contribution in [3.8, 4) is 5.75 Å². The maximum Gasteiger partial charge on any atom is 0.418 e. The van der Waals surface area contributed by atoms with Gasteiger partial charge in [0.05, 0.1) is 28.8 Å². The molecule has 1 aromatic heterocycles. The first kappa shape index (κ1) is 26.0. The smallest absolute Gasteiger partial charge is 0.418 e. The summed E-state index contributed by atoms with van der Waals surface area (Å²) in [6.07, 6.45) is -4.80. The summed E-state index contributed by atoms with van der Waals surface area (Å²) in [6, 6.07) is 10.9. The number of nitrogens with zero attached hydrogens (tertiary/aromatic N) is 1. The number of thiazole rings is 1. The quantitative estimate of drug-likeness (QED) is 0.354. The molecular formula is C25H19F3N2O6S2. The minimum atomic E-state index is -4.80. The van der Waals surface area contributed by atoms with Crippen LogP contribution in [0, 0.1) is 5.92 Å². The minimum Gasteiger partial charge on any atom is -0.482 e. The highest BCUT2D eigenvalue weighted by molar-refractivity contribution is 8.00. The van der Waals surface area contributed by atoms with E-state index in [-0.39, 0.29) is 12.4 Å². The van der Waals surface area contributed by atoms with Gasteiger partial charge in [-0.25, -0.2) is 9.69 Å². The molecule has 0 aliphatic carbocycles. The Balaban J connectivity index is 1.61. The van der Waals surface area contributed by atoms with Crippen LogP contribution in [0.25, 0.3) is 0 Å². The number of nitrogens with one attached hydrogen (secondary N) is 1. The maximum atomic E-state index is 13.8. The number of amides is 2. The van der Waals surface area contributed by atoms with Crippen molar-refractivity contribution < 1.29 is 37.0 Å². The molecule has 8 nitrogen and oxygen atoms in total. The van der Waals surface area contributed by atoms with Gasteiger partial charge in [0.1, 0.15) is 11.0 Å². The van der Waals surface area contributed by atoms with E-state index >= 15 is 0 Å². The van der Waals surface area contributed by atoms with Crippen molar-refractivity contribution >= 4 is 46.6 Å². The number of fused-ring (bicyclic) bond motifs is 2. The maximum absolute atomic E-state index is 13.8. The van der Waals surface area contributed by atoms with E-state index in [2.05, 4.69) is 4.98 Å². The Hall–Kier alpha value is -3.58. The second-order valence-corrected chi connectivity index (χ2v) is 10.6. The highest BCUT2D eigenvalue weighted by Crippen LogP contribution is 2.55. The van der Waals surface area contributed by atoms with Crippen molar-refractivity contribution in [1.29, 1.82) is 0 Å². The van der Waals surface area contributed by atoms with Crippen LogP contribution in [-0.2, 0) is 25.3 Å². The van der Waals surface area contributed by atoms with Crippen molar-refractivity contribution in [2.75, 3.05) is 18.1 Å². The van der Waals surface area contributed by atoms with E-state index in [1.807, 2.05) is 0 Å². The van der Waals surface area contributed by atoms with E-state index in [0.717, 1.165) is 35.2 Å². The molecule has 2 aliphatic rings. The molecule has 0 radical (unpaired) electrons. The summed E-state index contributed by atoms with van der Waals surface area (Å²) < 4.78 is 52.0. The van der Waals surface area contributed by atoms with Crippen molar-refractivity contribution in [3.05, 3.63) is 74.2 Å². The Kier molecular flexibility index (Phi) is 6.82. The van der Waals surface area contributed by atoms with Crippen LogP contribution < -0.4 is 14.5 Å². The highest BCUT2D eigenvalue weighted by atomic mass is 32.2. The third kappa shape index (κ3) is 4.49. The number of hydrogen-bond acceptors (Lipinski definition) is 8. The lowest BCUT2D eigenvalue weighted by atomic mass is 9.82. The molecule has 1 fully saturated rings. The number of esters is 1. The van der Waals surface area contributed by atoms with Crippen LogP contribution in [0.15, 0.2) is 58.4 Å². The molecule has 5 rings (SSSR count). The number of thioether (sulfide) groups is 1. The van der Waals surface area contributed by atoms with Crippen LogP contribution in [0.5, 0.6) is 5.75 Å². The van der Waals surface area contributed by atoms with E-state index in [9.17, 15) is 32.3 Å². The molecule has 3 unspecified atom stereocenters. The van der Waals surface area contributed by atoms with Crippen LogP contribution >= 0.6 is 23.1 Å². The van der Waals surface area contributed by atoms with Gasteiger partial charge in [0.2, 0.25) is 11.8 Å². The average molecular weight is 565 g/mol. The predicted octanol–water partition coefficient (Wildman–Crippen LogP) is 4.19. The number of alkyl halides is 3. The van der Waals surface area contributed by atoms with Crippen LogP contribution in [-0.4, -0.2) is 41.2 Å². The fraction of sp³-hybridized carbons (Fsp3) is 0.280. The second-order valence-electron chi connectivity index (χ2n) is 8.41. The van der Waals surface area contributed by atoms with E-state index < -0.39 is 63.8 Å². The molecule has 1 saturated heterocycles. The first-order valence-corrected chi connectivity index (χ1v) is 13.1. The number of para-hydroxylation sites is 2. The summed E-state index contributed by atoms with van der Waals surface area (Å²) in [5, 5.41) is -0.733. The summed E-state index contributed by atoms with van der Waals surface area (Å²) >= 11 is 1.80. The molecule has 2 aromatic carbocycles. The number of carbonyl (C=O) groups excluding carboxylic acids is 3. The molecule has 2 aliphatic heterocycles. The van der Waals surface area contributed by atoms with Crippen molar-refractivity contribution in [1.82, 2.24) is 4.98 Å². The van der Waals surface area contributed by atoms with Gasteiger partial charge in [-0.3, -0.25) is 14.4 Å². The van der Waals surface area contributed by atoms with Gasteiger partial charge in [-0.05, 0) is 25.1 Å². The minimum absolute atomic E-state index is 0.153. The monoisotopic (exact) mass is 564 g/mol. The normalized spacial score (nSPS) is 20.7. The summed E-state index contributed by atoms with van der Waals surface area (Å²) in [4.78, 5) is 54.8. The van der Waals surface area contributed by atoms with Crippen molar-refractivity contribution in [3.63, 3.8) is 0 Å². The largest absolute Gasteiger partial charge is 0.482 e. The third-order valence-electron chi connectivity index (χ3n) is 6.18. The lowest BCUT2D eigenvalue weighted by Crippen LogP contribution is -2.33. The average Bonchev–Trinajstić information content (AvgIpc) is 3.37. The Morgan fingerprint density at radius 1 is 1.05 bits per heavy atom. The molecule has 3 atom stereocenters. The number of rotatable bonds is 6. The predicted molar refractivity (Wildman–Crippen MR) is 132 cm³/mol. The third-order valence-corrected chi connectivity index (χ3v) is 8.58. The topological polar surface area (TPSA) is 106 Å². The molecular weight excluding hydrogens is 545 g/mol. The number of halogens is 3. The number of hydrogen-bond donors (Lipinski definition) is 1. The zero-order valence-electron chi connectivity index (χ0n) is 19.6. The van der Waals surface area contributed by atoms with Crippen LogP contribution in [0.1, 0.15) is 28.8 Å². The summed E-state index contributed by atoms with van der Waals surface area (Å²) in [5.41, 5.74) is -1.24. The number of benzene rings is 2. The molecule has 3 heterocycles. The van der Waals surface area contributed by atoms with Crippen LogP contribution in [0.3, 0.4) is 0 Å². The number of H-pyrrole nitrogens is 1. The Morgan fingerprint density at radius 3 is 2.50 bits per heavy atom. The lowest BCUT2D eigenvalue weighted by molar-refractivity contribution is -0.145. The van der Waals surface area contributed by atoms with Gasteiger partial charge in [0.15, 0.2) is 6.61 Å². The van der Waals surface area contributed by atoms with Gasteiger partial charge in [0, 0.05) is 16.4 Å². The SMILES string of the molecule is CCOC(=O)COc1ccccc1C1c2sc(=O)[nH]c2SC2C(=O)N(c3ccccc3C(F)(F)F)C(=O)C21. The number of aromatic nitrogens is 1. The number of ether oxygens (including phenoxy) is 2. The Morgan fingerprint density at radius 2 is 1.76 bits per heavy atom. The molecule has 3 aromatic rings. The Labute approximate surface area is 221 Å². The fourth-order valence-corrected chi connectivity index (χ4v) is 7.21. The molecule has 0 bridgehead atoms. The molecule has 38 heavy (non-hydrogen) atoms. The second kappa shape index (κ2) is 9.95. The van der Waals surface area contributed by atoms with Gasteiger partial charge in [-0.2, -0.15) is 13.2 Å². The standard InChI is InChI=1S/C25H19F3N2O6S2/c1-2-35-16(31)11-36-15-10-6-3-7-12(15)17-18-20(37-21-19(17)38-24(34)29-21)23(33)30(22(18)32)14-9-5-4-8-13(14)25(26,27)28/h3-10,17-18,20H,2,11H2,1H3,(H,29,34). The van der Waals surface area contributed by atoms with Gasteiger partial charge < -0.3 is 14.5 Å². The van der Waals surface area contributed by atoms with Gasteiger partial charge in [0.25, 0.3) is 0 Å². The van der Waals surface area contributed by atoms with Gasteiger partial charge in [-0.15, -0.1) is 0 Å². The molecule has 2 amide bonds. The van der Waals surface area contributed by atoms with Gasteiger partial charge in [-0.1, -0.05) is 53.4 Å². The number of aromatic amines is 1. The van der Waals surface area contributed by atoms with Crippen molar-refractivity contribution in [2.24, 2.45) is 5.92 Å². The van der Waals surface area contributed by atoms with Crippen LogP contribution in [0.4, 0.5) is 18.9 Å². The fourth-order valence-electron chi connectivity index (χ4n) is 4.71. The van der Waals surface area contributed by atoms with Crippen molar-refractivity contribution in [2.45, 2.75) is 29.3 Å². The van der Waals surface area contributed by atoms with E-state index in [1.54, 1.807) is 31.2 Å². The molecule has 0 spiro atoms. The first-order chi connectivity index (χ1) is 18.1. The Bertz CT molecular complexity index is 1480. The zero-order chi connectivity index (χ0) is 27.2. The number of anilines is 1. The van der Waals surface area contributed by atoms with E-state index in [4.69, 9.17) is 9.47 Å². The molecule has 1 N–H and O–H groups in total. The van der Waals surface area contributed by atoms with Crippen LogP contribution in [0.2, 0.25) is 0 Å². The molecule has 198 valence electrons. The molecule has 0 saturated carbocycles. The van der Waals surface area contributed by atoms with E-state index in [0.29, 0.717) is 20.4 Å².